The lowest BCUT2D eigenvalue weighted by molar-refractivity contribution is -0.122. The third-order valence-corrected chi connectivity index (χ3v) is 4.47. The van der Waals surface area contributed by atoms with Gasteiger partial charge in [0.15, 0.2) is 5.78 Å². The second kappa shape index (κ2) is 5.27. The van der Waals surface area contributed by atoms with E-state index in [1.54, 1.807) is 7.11 Å². The van der Waals surface area contributed by atoms with E-state index in [4.69, 9.17) is 4.74 Å². The van der Waals surface area contributed by atoms with Gasteiger partial charge in [-0.05, 0) is 29.5 Å². The number of ether oxygens (including phenoxy) is 1. The molecule has 1 atom stereocenters. The first-order chi connectivity index (χ1) is 10.4. The van der Waals surface area contributed by atoms with Gasteiger partial charge in [0.25, 0.3) is 0 Å². The maximum absolute atomic E-state index is 12.6. The Labute approximate surface area is 130 Å². The standard InChI is InChI=1S/C18H21NO3/c1-18(2)9-14-17(15(20)10-18)13(8-16(21)19-14)11-4-6-12(22-3)7-5-11/h4-7,13H,8-10H2,1-3H3,(H,19,21)/t13-/m1/s1. The monoisotopic (exact) mass is 299 g/mol. The summed E-state index contributed by atoms with van der Waals surface area (Å²) in [7, 11) is 1.62. The fraction of sp³-hybridized carbons (Fsp3) is 0.444. The zero-order valence-electron chi connectivity index (χ0n) is 13.2. The van der Waals surface area contributed by atoms with Gasteiger partial charge in [0.1, 0.15) is 5.75 Å². The molecule has 1 aliphatic carbocycles. The van der Waals surface area contributed by atoms with Crippen molar-refractivity contribution >= 4 is 11.7 Å². The second-order valence-corrected chi connectivity index (χ2v) is 6.91. The molecule has 22 heavy (non-hydrogen) atoms. The number of methoxy groups -OCH3 is 1. The van der Waals surface area contributed by atoms with Gasteiger partial charge in [0.05, 0.1) is 7.11 Å². The average Bonchev–Trinajstić information content (AvgIpc) is 2.44. The van der Waals surface area contributed by atoms with Crippen molar-refractivity contribution in [2.24, 2.45) is 5.41 Å². The van der Waals surface area contributed by atoms with E-state index < -0.39 is 0 Å². The molecule has 0 aromatic heterocycles. The van der Waals surface area contributed by atoms with E-state index in [-0.39, 0.29) is 23.0 Å². The Kier molecular flexibility index (Phi) is 3.55. The predicted molar refractivity (Wildman–Crippen MR) is 83.5 cm³/mol. The second-order valence-electron chi connectivity index (χ2n) is 6.91. The van der Waals surface area contributed by atoms with Crippen molar-refractivity contribution in [1.29, 1.82) is 0 Å². The van der Waals surface area contributed by atoms with E-state index in [1.807, 2.05) is 24.3 Å². The number of carbonyl (C=O) groups is 2. The van der Waals surface area contributed by atoms with Crippen LogP contribution in [-0.2, 0) is 9.59 Å². The molecule has 1 aromatic carbocycles. The molecule has 0 fully saturated rings. The summed E-state index contributed by atoms with van der Waals surface area (Å²) in [5.74, 6) is 0.782. The number of hydrogen-bond acceptors (Lipinski definition) is 3. The molecule has 1 amide bonds. The van der Waals surface area contributed by atoms with Crippen molar-refractivity contribution in [2.75, 3.05) is 7.11 Å². The van der Waals surface area contributed by atoms with Crippen LogP contribution >= 0.6 is 0 Å². The first-order valence-corrected chi connectivity index (χ1v) is 7.60. The normalized spacial score (nSPS) is 23.9. The molecule has 0 bridgehead atoms. The van der Waals surface area contributed by atoms with Gasteiger partial charge in [-0.2, -0.15) is 0 Å². The van der Waals surface area contributed by atoms with Crippen LogP contribution in [0, 0.1) is 5.41 Å². The van der Waals surface area contributed by atoms with Gasteiger partial charge >= 0.3 is 0 Å². The number of amides is 1. The highest BCUT2D eigenvalue weighted by molar-refractivity contribution is 6.02. The zero-order chi connectivity index (χ0) is 15.9. The number of hydrogen-bond donors (Lipinski definition) is 1. The van der Waals surface area contributed by atoms with Crippen LogP contribution in [0.5, 0.6) is 5.75 Å². The number of carbonyl (C=O) groups excluding carboxylic acids is 2. The third-order valence-electron chi connectivity index (χ3n) is 4.47. The van der Waals surface area contributed by atoms with Crippen molar-refractivity contribution in [3.63, 3.8) is 0 Å². The number of rotatable bonds is 2. The Bertz CT molecular complexity index is 655. The summed E-state index contributed by atoms with van der Waals surface area (Å²) < 4.78 is 5.17. The minimum atomic E-state index is -0.141. The Balaban J connectivity index is 2.02. The Morgan fingerprint density at radius 3 is 2.45 bits per heavy atom. The maximum Gasteiger partial charge on any atom is 0.225 e. The van der Waals surface area contributed by atoms with Crippen LogP contribution < -0.4 is 10.1 Å². The molecule has 3 rings (SSSR count). The van der Waals surface area contributed by atoms with Gasteiger partial charge in [-0.1, -0.05) is 26.0 Å². The predicted octanol–water partition coefficient (Wildman–Crippen LogP) is 2.94. The smallest absolute Gasteiger partial charge is 0.225 e. The summed E-state index contributed by atoms with van der Waals surface area (Å²) in [6.07, 6.45) is 1.61. The van der Waals surface area contributed by atoms with Gasteiger partial charge in [-0.3, -0.25) is 9.59 Å². The van der Waals surface area contributed by atoms with E-state index in [9.17, 15) is 9.59 Å². The largest absolute Gasteiger partial charge is 0.497 e. The van der Waals surface area contributed by atoms with E-state index in [0.29, 0.717) is 12.8 Å². The summed E-state index contributed by atoms with van der Waals surface area (Å²) in [5, 5.41) is 2.92. The van der Waals surface area contributed by atoms with Crippen LogP contribution in [0.25, 0.3) is 0 Å². The number of Topliss-reactive ketones (excluding diaryl/α,β-unsaturated/α-hetero) is 1. The molecular formula is C18H21NO3. The molecule has 0 radical (unpaired) electrons. The van der Waals surface area contributed by atoms with E-state index >= 15 is 0 Å². The molecule has 0 spiro atoms. The van der Waals surface area contributed by atoms with Crippen LogP contribution in [0.4, 0.5) is 0 Å². The van der Waals surface area contributed by atoms with Crippen molar-refractivity contribution < 1.29 is 14.3 Å². The van der Waals surface area contributed by atoms with Crippen molar-refractivity contribution in [3.05, 3.63) is 41.1 Å². The van der Waals surface area contributed by atoms with Crippen LogP contribution in [0.3, 0.4) is 0 Å². The summed E-state index contributed by atoms with van der Waals surface area (Å²) in [5.41, 5.74) is 2.52. The molecule has 4 heteroatoms. The number of nitrogens with one attached hydrogen (secondary N) is 1. The highest BCUT2D eigenvalue weighted by atomic mass is 16.5. The van der Waals surface area contributed by atoms with Crippen molar-refractivity contribution in [1.82, 2.24) is 5.32 Å². The van der Waals surface area contributed by atoms with Gasteiger partial charge in [-0.25, -0.2) is 0 Å². The highest BCUT2D eigenvalue weighted by Gasteiger charge is 2.40. The van der Waals surface area contributed by atoms with Crippen LogP contribution in [0.2, 0.25) is 0 Å². The minimum absolute atomic E-state index is 0.00920. The first kappa shape index (κ1) is 14.8. The molecule has 1 heterocycles. The molecule has 0 saturated carbocycles. The molecule has 2 aliphatic rings. The summed E-state index contributed by atoms with van der Waals surface area (Å²) in [6, 6.07) is 7.64. The summed E-state index contributed by atoms with van der Waals surface area (Å²) >= 11 is 0. The molecule has 1 aromatic rings. The van der Waals surface area contributed by atoms with Crippen LogP contribution in [0.15, 0.2) is 35.5 Å². The minimum Gasteiger partial charge on any atom is -0.497 e. The lowest BCUT2D eigenvalue weighted by atomic mass is 9.70. The van der Waals surface area contributed by atoms with Gasteiger partial charge in [0, 0.05) is 30.0 Å². The average molecular weight is 299 g/mol. The number of allylic oxidation sites excluding steroid dienone is 2. The lowest BCUT2D eigenvalue weighted by Gasteiger charge is -2.37. The van der Waals surface area contributed by atoms with E-state index in [2.05, 4.69) is 19.2 Å². The van der Waals surface area contributed by atoms with Gasteiger partial charge < -0.3 is 10.1 Å². The quantitative estimate of drug-likeness (QED) is 0.913. The SMILES string of the molecule is COc1ccc([C@H]2CC(=O)NC3=C2C(=O)CC(C)(C)C3)cc1. The van der Waals surface area contributed by atoms with Crippen molar-refractivity contribution in [3.8, 4) is 5.75 Å². The molecule has 1 aliphatic heterocycles. The number of ketones is 1. The maximum atomic E-state index is 12.6. The van der Waals surface area contributed by atoms with Gasteiger partial charge in [-0.15, -0.1) is 0 Å². The zero-order valence-corrected chi connectivity index (χ0v) is 13.2. The van der Waals surface area contributed by atoms with Crippen LogP contribution in [0.1, 0.15) is 44.6 Å². The number of benzene rings is 1. The molecule has 1 N–H and O–H groups in total. The molecule has 0 saturated heterocycles. The molecule has 4 nitrogen and oxygen atoms in total. The highest BCUT2D eigenvalue weighted by Crippen LogP contribution is 2.43. The Morgan fingerprint density at radius 1 is 1.14 bits per heavy atom. The van der Waals surface area contributed by atoms with Gasteiger partial charge in [0.2, 0.25) is 5.91 Å². The Hall–Kier alpha value is -2.10. The molecular weight excluding hydrogens is 278 g/mol. The third kappa shape index (κ3) is 2.65. The Morgan fingerprint density at radius 2 is 1.82 bits per heavy atom. The van der Waals surface area contributed by atoms with E-state index in [0.717, 1.165) is 29.0 Å². The fourth-order valence-electron chi connectivity index (χ4n) is 3.48. The van der Waals surface area contributed by atoms with Crippen molar-refractivity contribution in [2.45, 2.75) is 39.0 Å². The summed E-state index contributed by atoms with van der Waals surface area (Å²) in [6.45, 7) is 4.13. The van der Waals surface area contributed by atoms with E-state index in [1.165, 1.54) is 0 Å². The first-order valence-electron chi connectivity index (χ1n) is 7.60. The summed E-state index contributed by atoms with van der Waals surface area (Å²) in [4.78, 5) is 24.7. The molecule has 0 unspecified atom stereocenters. The lowest BCUT2D eigenvalue weighted by Crippen LogP contribution is -2.40. The fourth-order valence-corrected chi connectivity index (χ4v) is 3.48. The van der Waals surface area contributed by atoms with Crippen LogP contribution in [-0.4, -0.2) is 18.8 Å². The molecule has 116 valence electrons. The topological polar surface area (TPSA) is 55.4 Å².